The van der Waals surface area contributed by atoms with E-state index in [1.165, 1.54) is 16.7 Å². The molecule has 20 heavy (non-hydrogen) atoms. The first-order valence-corrected chi connectivity index (χ1v) is 6.54. The lowest BCUT2D eigenvalue weighted by molar-refractivity contribution is 0.0697. The molecule has 0 bridgehead atoms. The van der Waals surface area contributed by atoms with Gasteiger partial charge in [-0.3, -0.25) is 14.2 Å². The van der Waals surface area contributed by atoms with Crippen LogP contribution in [0.5, 0.6) is 0 Å². The van der Waals surface area contributed by atoms with Crippen molar-refractivity contribution < 1.29 is 9.90 Å². The van der Waals surface area contributed by atoms with Gasteiger partial charge >= 0.3 is 17.1 Å². The molecule has 1 aliphatic carbocycles. The first-order valence-electron chi connectivity index (χ1n) is 6.54. The van der Waals surface area contributed by atoms with Crippen molar-refractivity contribution in [3.63, 3.8) is 0 Å². The number of hydrogen-bond acceptors (Lipinski definition) is 3. The highest BCUT2D eigenvalue weighted by Gasteiger charge is 2.38. The van der Waals surface area contributed by atoms with Gasteiger partial charge in [0, 0.05) is 6.04 Å². The van der Waals surface area contributed by atoms with Gasteiger partial charge in [0.25, 0.3) is 0 Å². The van der Waals surface area contributed by atoms with E-state index < -0.39 is 17.1 Å². The van der Waals surface area contributed by atoms with Crippen LogP contribution in [0, 0.1) is 5.92 Å². The van der Waals surface area contributed by atoms with Crippen LogP contribution in [0.4, 0.5) is 0 Å². The molecule has 104 valence electrons. The van der Waals surface area contributed by atoms with Crippen LogP contribution < -0.4 is 11.1 Å². The van der Waals surface area contributed by atoms with Gasteiger partial charge in [0.2, 0.25) is 0 Å². The first-order chi connectivity index (χ1) is 9.52. The van der Waals surface area contributed by atoms with Gasteiger partial charge in [-0.2, -0.15) is 0 Å². The fraction of sp³-hybridized carbons (Fsp3) is 0.357. The summed E-state index contributed by atoms with van der Waals surface area (Å²) >= 11 is 0. The Kier molecular flexibility index (Phi) is 2.74. The van der Waals surface area contributed by atoms with Gasteiger partial charge in [0.05, 0.1) is 16.6 Å². The maximum atomic E-state index is 12.0. The Morgan fingerprint density at radius 2 is 2.20 bits per heavy atom. The molecule has 2 N–H and O–H groups in total. The van der Waals surface area contributed by atoms with Gasteiger partial charge in [-0.15, -0.1) is 0 Å². The van der Waals surface area contributed by atoms with Gasteiger partial charge in [0.1, 0.15) is 0 Å². The summed E-state index contributed by atoms with van der Waals surface area (Å²) in [6.45, 7) is 2.05. The Bertz CT molecular complexity index is 818. The molecule has 1 aromatic heterocycles. The molecule has 2 atom stereocenters. The monoisotopic (exact) mass is 274 g/mol. The number of aromatic carboxylic acids is 1. The number of H-pyrrole nitrogens is 1. The van der Waals surface area contributed by atoms with E-state index in [-0.39, 0.29) is 11.6 Å². The Balaban J connectivity index is 2.28. The Hall–Kier alpha value is -2.37. The maximum Gasteiger partial charge on any atom is 0.335 e. The number of benzene rings is 1. The molecule has 6 nitrogen and oxygen atoms in total. The number of aromatic amines is 1. The second kappa shape index (κ2) is 4.33. The van der Waals surface area contributed by atoms with Crippen molar-refractivity contribution in [3.05, 3.63) is 44.5 Å². The SMILES string of the molecule is CCC1CC1n1c(=O)c(=O)[nH]c2cc(C(=O)O)ccc21. The van der Waals surface area contributed by atoms with E-state index in [2.05, 4.69) is 4.98 Å². The molecular formula is C14H14N2O4. The summed E-state index contributed by atoms with van der Waals surface area (Å²) in [5, 5.41) is 8.98. The standard InChI is InChI=1S/C14H14N2O4/c1-2-7-6-11(7)16-10-4-3-8(14(19)20)5-9(10)15-12(17)13(16)18/h3-5,7,11H,2,6H2,1H3,(H,15,17)(H,19,20). The zero-order chi connectivity index (χ0) is 14.4. The number of carboxylic acids is 1. The number of fused-ring (bicyclic) bond motifs is 1. The molecule has 0 aliphatic heterocycles. The van der Waals surface area contributed by atoms with Gasteiger partial charge in [-0.1, -0.05) is 13.3 Å². The molecule has 0 saturated heterocycles. The maximum absolute atomic E-state index is 12.0. The van der Waals surface area contributed by atoms with Gasteiger partial charge in [-0.05, 0) is 30.5 Å². The van der Waals surface area contributed by atoms with Crippen LogP contribution in [0.25, 0.3) is 11.0 Å². The molecule has 3 rings (SSSR count). The molecule has 1 aliphatic rings. The smallest absolute Gasteiger partial charge is 0.335 e. The van der Waals surface area contributed by atoms with Crippen LogP contribution in [-0.4, -0.2) is 20.6 Å². The number of nitrogens with zero attached hydrogens (tertiary/aromatic N) is 1. The first kappa shape index (κ1) is 12.7. The molecule has 0 spiro atoms. The minimum atomic E-state index is -1.07. The zero-order valence-corrected chi connectivity index (χ0v) is 10.9. The third-order valence-electron chi connectivity index (χ3n) is 3.91. The molecule has 0 radical (unpaired) electrons. The number of carbonyl (C=O) groups is 1. The zero-order valence-electron chi connectivity index (χ0n) is 10.9. The molecule has 1 aromatic carbocycles. The Morgan fingerprint density at radius 3 is 2.80 bits per heavy atom. The number of hydrogen-bond donors (Lipinski definition) is 2. The Morgan fingerprint density at radius 1 is 1.45 bits per heavy atom. The minimum absolute atomic E-state index is 0.0491. The second-order valence-corrected chi connectivity index (χ2v) is 5.14. The summed E-state index contributed by atoms with van der Waals surface area (Å²) < 4.78 is 1.51. The van der Waals surface area contributed by atoms with Crippen LogP contribution in [0.15, 0.2) is 27.8 Å². The predicted octanol–water partition coefficient (Wildman–Crippen LogP) is 1.36. The molecule has 6 heteroatoms. The van der Waals surface area contributed by atoms with Crippen molar-refractivity contribution in [2.75, 3.05) is 0 Å². The minimum Gasteiger partial charge on any atom is -0.478 e. The van der Waals surface area contributed by atoms with E-state index in [1.807, 2.05) is 6.92 Å². The average Bonchev–Trinajstić information content (AvgIpc) is 3.18. The van der Waals surface area contributed by atoms with Gasteiger partial charge in [0.15, 0.2) is 0 Å². The summed E-state index contributed by atoms with van der Waals surface area (Å²) in [5.74, 6) is -0.653. The lowest BCUT2D eigenvalue weighted by Gasteiger charge is -2.09. The van der Waals surface area contributed by atoms with Crippen LogP contribution in [-0.2, 0) is 0 Å². The van der Waals surface area contributed by atoms with Crippen molar-refractivity contribution in [1.82, 2.24) is 9.55 Å². The average molecular weight is 274 g/mol. The van der Waals surface area contributed by atoms with Crippen molar-refractivity contribution in [2.45, 2.75) is 25.8 Å². The quantitative estimate of drug-likeness (QED) is 0.826. The summed E-state index contributed by atoms with van der Waals surface area (Å²) in [6.07, 6.45) is 1.84. The highest BCUT2D eigenvalue weighted by molar-refractivity contribution is 5.92. The van der Waals surface area contributed by atoms with E-state index in [9.17, 15) is 14.4 Å². The fourth-order valence-electron chi connectivity index (χ4n) is 2.69. The van der Waals surface area contributed by atoms with Crippen molar-refractivity contribution >= 4 is 17.0 Å². The summed E-state index contributed by atoms with van der Waals surface area (Å²) in [7, 11) is 0. The van der Waals surface area contributed by atoms with Crippen molar-refractivity contribution in [1.29, 1.82) is 0 Å². The van der Waals surface area contributed by atoms with Crippen LogP contribution in [0.2, 0.25) is 0 Å². The fourth-order valence-corrected chi connectivity index (χ4v) is 2.69. The molecular weight excluding hydrogens is 260 g/mol. The van der Waals surface area contributed by atoms with Gasteiger partial charge in [-0.25, -0.2) is 4.79 Å². The van der Waals surface area contributed by atoms with E-state index in [0.29, 0.717) is 17.0 Å². The summed E-state index contributed by atoms with van der Waals surface area (Å²) in [6, 6.07) is 4.47. The van der Waals surface area contributed by atoms with Gasteiger partial charge < -0.3 is 10.1 Å². The molecule has 1 saturated carbocycles. The Labute approximate surface area is 113 Å². The topological polar surface area (TPSA) is 92.2 Å². The van der Waals surface area contributed by atoms with Crippen molar-refractivity contribution in [2.24, 2.45) is 5.92 Å². The normalized spacial score (nSPS) is 21.1. The molecule has 2 aromatic rings. The largest absolute Gasteiger partial charge is 0.478 e. The van der Waals surface area contributed by atoms with E-state index in [0.717, 1.165) is 12.8 Å². The molecule has 2 unspecified atom stereocenters. The summed E-state index contributed by atoms with van der Waals surface area (Å²) in [5.41, 5.74) is -0.221. The highest BCUT2D eigenvalue weighted by Crippen LogP contribution is 2.45. The van der Waals surface area contributed by atoms with Crippen LogP contribution in [0.1, 0.15) is 36.2 Å². The predicted molar refractivity (Wildman–Crippen MR) is 73.2 cm³/mol. The lowest BCUT2D eigenvalue weighted by atomic mass is 10.2. The number of carboxylic acid groups (broad SMARTS) is 1. The van der Waals surface area contributed by atoms with E-state index in [1.54, 1.807) is 6.07 Å². The molecule has 1 heterocycles. The van der Waals surface area contributed by atoms with Crippen LogP contribution >= 0.6 is 0 Å². The van der Waals surface area contributed by atoms with Crippen LogP contribution in [0.3, 0.4) is 0 Å². The molecule has 0 amide bonds. The summed E-state index contributed by atoms with van der Waals surface area (Å²) in [4.78, 5) is 37.2. The molecule has 1 fully saturated rings. The third-order valence-corrected chi connectivity index (χ3v) is 3.91. The number of nitrogens with one attached hydrogen (secondary N) is 1. The van der Waals surface area contributed by atoms with E-state index in [4.69, 9.17) is 5.11 Å². The second-order valence-electron chi connectivity index (χ2n) is 5.14. The third kappa shape index (κ3) is 1.84. The number of aromatic nitrogens is 2. The van der Waals surface area contributed by atoms with E-state index >= 15 is 0 Å². The van der Waals surface area contributed by atoms with Crippen molar-refractivity contribution in [3.8, 4) is 0 Å². The number of rotatable bonds is 3. The highest BCUT2D eigenvalue weighted by atomic mass is 16.4. The lowest BCUT2D eigenvalue weighted by Crippen LogP contribution is -2.36.